The second kappa shape index (κ2) is 7.30. The van der Waals surface area contributed by atoms with Gasteiger partial charge in [-0.25, -0.2) is 9.97 Å². The first kappa shape index (κ1) is 18.4. The van der Waals surface area contributed by atoms with E-state index in [9.17, 15) is 9.59 Å². The highest BCUT2D eigenvalue weighted by Crippen LogP contribution is 2.29. The summed E-state index contributed by atoms with van der Waals surface area (Å²) in [5.41, 5.74) is 2.84. The van der Waals surface area contributed by atoms with Crippen LogP contribution in [-0.4, -0.2) is 43.4 Å². The summed E-state index contributed by atoms with van der Waals surface area (Å²) >= 11 is 1.35. The van der Waals surface area contributed by atoms with Gasteiger partial charge in [0.15, 0.2) is 10.8 Å². The third-order valence-electron chi connectivity index (χ3n) is 4.77. The number of amides is 2. The maximum atomic E-state index is 12.9. The van der Waals surface area contributed by atoms with Crippen LogP contribution in [-0.2, 0) is 13.0 Å². The number of aromatic nitrogens is 4. The molecule has 150 valence electrons. The molecular weight excluding hydrogens is 404 g/mol. The molecular formula is C20H16N6O3S. The van der Waals surface area contributed by atoms with Crippen LogP contribution in [0.5, 0.6) is 0 Å². The van der Waals surface area contributed by atoms with E-state index in [1.54, 1.807) is 17.9 Å². The third kappa shape index (κ3) is 3.41. The number of para-hydroxylation sites is 2. The molecule has 1 aliphatic heterocycles. The van der Waals surface area contributed by atoms with Crippen LogP contribution < -0.4 is 5.32 Å². The van der Waals surface area contributed by atoms with Crippen LogP contribution in [0.3, 0.4) is 0 Å². The maximum Gasteiger partial charge on any atom is 0.279 e. The van der Waals surface area contributed by atoms with Crippen LogP contribution in [0.4, 0.5) is 5.13 Å². The Hall–Kier alpha value is -3.66. The minimum atomic E-state index is -0.377. The van der Waals surface area contributed by atoms with E-state index in [-0.39, 0.29) is 17.5 Å². The summed E-state index contributed by atoms with van der Waals surface area (Å²) in [4.78, 5) is 41.1. The lowest BCUT2D eigenvalue weighted by Gasteiger charge is -2.25. The highest BCUT2D eigenvalue weighted by atomic mass is 32.1. The quantitative estimate of drug-likeness (QED) is 0.542. The van der Waals surface area contributed by atoms with Crippen molar-refractivity contribution in [3.05, 3.63) is 64.2 Å². The molecule has 1 aliphatic rings. The van der Waals surface area contributed by atoms with Crippen molar-refractivity contribution in [2.45, 2.75) is 19.9 Å². The van der Waals surface area contributed by atoms with Crippen molar-refractivity contribution in [2.24, 2.45) is 0 Å². The molecule has 5 rings (SSSR count). The Balaban J connectivity index is 1.32. The SMILES string of the molecule is Cc1cc(C(=O)Nc2nc3c(s2)CN(C(=O)c2cnc4ccccc4n2)CC3)no1. The number of hydrogen-bond acceptors (Lipinski definition) is 8. The van der Waals surface area contributed by atoms with Gasteiger partial charge in [0.05, 0.1) is 29.5 Å². The molecule has 9 nitrogen and oxygen atoms in total. The first-order valence-electron chi connectivity index (χ1n) is 9.31. The first-order chi connectivity index (χ1) is 14.6. The van der Waals surface area contributed by atoms with Gasteiger partial charge in [0.25, 0.3) is 11.8 Å². The van der Waals surface area contributed by atoms with Crippen molar-refractivity contribution in [2.75, 3.05) is 11.9 Å². The first-order valence-corrected chi connectivity index (χ1v) is 10.1. The van der Waals surface area contributed by atoms with Gasteiger partial charge in [-0.1, -0.05) is 28.6 Å². The Labute approximate surface area is 174 Å². The molecule has 0 fully saturated rings. The number of thiazole rings is 1. The van der Waals surface area contributed by atoms with Crippen LogP contribution in [0.1, 0.15) is 37.3 Å². The molecule has 0 radical (unpaired) electrons. The van der Waals surface area contributed by atoms with Gasteiger partial charge in [-0.05, 0) is 19.1 Å². The Kier molecular flexibility index (Phi) is 4.47. The molecule has 1 aromatic carbocycles. The number of fused-ring (bicyclic) bond motifs is 2. The van der Waals surface area contributed by atoms with E-state index in [4.69, 9.17) is 4.52 Å². The predicted octanol–water partition coefficient (Wildman–Crippen LogP) is 2.83. The molecule has 4 heterocycles. The molecule has 1 N–H and O–H groups in total. The van der Waals surface area contributed by atoms with E-state index < -0.39 is 0 Å². The second-order valence-corrected chi connectivity index (χ2v) is 7.97. The zero-order valence-electron chi connectivity index (χ0n) is 16.0. The maximum absolute atomic E-state index is 12.9. The van der Waals surface area contributed by atoms with E-state index in [0.29, 0.717) is 41.6 Å². The van der Waals surface area contributed by atoms with Gasteiger partial charge in [-0.3, -0.25) is 19.9 Å². The van der Waals surface area contributed by atoms with Gasteiger partial charge in [0.1, 0.15) is 11.5 Å². The summed E-state index contributed by atoms with van der Waals surface area (Å²) in [5.74, 6) is 0.0119. The fraction of sp³-hybridized carbons (Fsp3) is 0.200. The number of nitrogens with one attached hydrogen (secondary N) is 1. The lowest BCUT2D eigenvalue weighted by atomic mass is 10.1. The minimum Gasteiger partial charge on any atom is -0.361 e. The highest BCUT2D eigenvalue weighted by Gasteiger charge is 2.26. The average Bonchev–Trinajstić information content (AvgIpc) is 3.37. The summed E-state index contributed by atoms with van der Waals surface area (Å²) in [7, 11) is 0. The van der Waals surface area contributed by atoms with Crippen molar-refractivity contribution in [3.63, 3.8) is 0 Å². The molecule has 0 atom stereocenters. The zero-order chi connectivity index (χ0) is 20.7. The van der Waals surface area contributed by atoms with Crippen molar-refractivity contribution in [3.8, 4) is 0 Å². The largest absolute Gasteiger partial charge is 0.361 e. The van der Waals surface area contributed by atoms with E-state index >= 15 is 0 Å². The Morgan fingerprint density at radius 3 is 2.80 bits per heavy atom. The fourth-order valence-electron chi connectivity index (χ4n) is 3.28. The van der Waals surface area contributed by atoms with Gasteiger partial charge in [0.2, 0.25) is 0 Å². The summed E-state index contributed by atoms with van der Waals surface area (Å²) in [5, 5.41) is 6.93. The van der Waals surface area contributed by atoms with E-state index in [0.717, 1.165) is 16.1 Å². The van der Waals surface area contributed by atoms with Crippen LogP contribution in [0, 0.1) is 6.92 Å². The molecule has 0 aliphatic carbocycles. The molecule has 10 heteroatoms. The summed E-state index contributed by atoms with van der Waals surface area (Å²) < 4.78 is 4.93. The molecule has 0 unspecified atom stereocenters. The number of anilines is 1. The highest BCUT2D eigenvalue weighted by molar-refractivity contribution is 7.15. The molecule has 4 aromatic rings. The standard InChI is InChI=1S/C20H16N6O3S/c1-11-8-15(25-29-11)18(27)24-20-23-14-6-7-26(10-17(14)30-20)19(28)16-9-21-12-4-2-3-5-13(12)22-16/h2-5,8-9H,6-7,10H2,1H3,(H,23,24,27). The zero-order valence-corrected chi connectivity index (χ0v) is 16.8. The number of nitrogens with zero attached hydrogens (tertiary/aromatic N) is 5. The van der Waals surface area contributed by atoms with E-state index in [2.05, 4.69) is 25.4 Å². The monoisotopic (exact) mass is 420 g/mol. The predicted molar refractivity (Wildman–Crippen MR) is 109 cm³/mol. The number of rotatable bonds is 3. The number of benzene rings is 1. The van der Waals surface area contributed by atoms with E-state index in [1.807, 2.05) is 24.3 Å². The van der Waals surface area contributed by atoms with E-state index in [1.165, 1.54) is 17.5 Å². The van der Waals surface area contributed by atoms with Gasteiger partial charge in [0, 0.05) is 23.9 Å². The van der Waals surface area contributed by atoms with Crippen LogP contribution in [0.15, 0.2) is 41.1 Å². The summed E-state index contributed by atoms with van der Waals surface area (Å²) in [6.07, 6.45) is 2.12. The number of carbonyl (C=O) groups is 2. The third-order valence-corrected chi connectivity index (χ3v) is 5.77. The lowest BCUT2D eigenvalue weighted by molar-refractivity contribution is 0.0730. The Morgan fingerprint density at radius 2 is 2.00 bits per heavy atom. The lowest BCUT2D eigenvalue weighted by Crippen LogP contribution is -2.36. The topological polar surface area (TPSA) is 114 Å². The number of aryl methyl sites for hydroxylation is 1. The van der Waals surface area contributed by atoms with Gasteiger partial charge >= 0.3 is 0 Å². The number of carbonyl (C=O) groups excluding carboxylic acids is 2. The summed E-state index contributed by atoms with van der Waals surface area (Å²) in [6, 6.07) is 9.01. The average molecular weight is 420 g/mol. The van der Waals surface area contributed by atoms with Crippen LogP contribution >= 0.6 is 11.3 Å². The molecule has 0 saturated carbocycles. The van der Waals surface area contributed by atoms with Crippen LogP contribution in [0.2, 0.25) is 0 Å². The van der Waals surface area contributed by atoms with Crippen molar-refractivity contribution in [1.82, 2.24) is 25.0 Å². The molecule has 3 aromatic heterocycles. The van der Waals surface area contributed by atoms with Crippen molar-refractivity contribution < 1.29 is 14.1 Å². The normalized spacial score (nSPS) is 13.3. The Morgan fingerprint density at radius 1 is 1.17 bits per heavy atom. The molecule has 0 spiro atoms. The molecule has 0 bridgehead atoms. The molecule has 2 amide bonds. The smallest absolute Gasteiger partial charge is 0.279 e. The second-order valence-electron chi connectivity index (χ2n) is 6.89. The summed E-state index contributed by atoms with van der Waals surface area (Å²) in [6.45, 7) is 2.66. The van der Waals surface area contributed by atoms with Crippen LogP contribution in [0.25, 0.3) is 11.0 Å². The van der Waals surface area contributed by atoms with Gasteiger partial charge < -0.3 is 9.42 Å². The van der Waals surface area contributed by atoms with Gasteiger partial charge in [-0.15, -0.1) is 0 Å². The van der Waals surface area contributed by atoms with Gasteiger partial charge in [-0.2, -0.15) is 0 Å². The fourth-order valence-corrected chi connectivity index (χ4v) is 4.30. The minimum absolute atomic E-state index is 0.170. The molecule has 30 heavy (non-hydrogen) atoms. The number of hydrogen-bond donors (Lipinski definition) is 1. The Bertz CT molecular complexity index is 1280. The van der Waals surface area contributed by atoms with Crippen molar-refractivity contribution >= 4 is 39.3 Å². The van der Waals surface area contributed by atoms with Crippen molar-refractivity contribution in [1.29, 1.82) is 0 Å². The molecule has 0 saturated heterocycles.